The molecule has 0 N–H and O–H groups in total. The maximum atomic E-state index is 6.81. The number of thiophene rings is 1. The van der Waals surface area contributed by atoms with Crippen LogP contribution in [-0.4, -0.2) is 14.5 Å². The molecule has 0 radical (unpaired) electrons. The molecule has 0 atom stereocenters. The van der Waals surface area contributed by atoms with Crippen LogP contribution in [0.2, 0.25) is 0 Å². The minimum absolute atomic E-state index is 0.702. The Morgan fingerprint density at radius 1 is 0.490 bits per heavy atom. The van der Waals surface area contributed by atoms with Crippen molar-refractivity contribution in [3.05, 3.63) is 164 Å². The Hall–Kier alpha value is -6.56. The fourth-order valence-electron chi connectivity index (χ4n) is 7.75. The first-order valence-corrected chi connectivity index (χ1v) is 17.9. The van der Waals surface area contributed by atoms with Gasteiger partial charge < -0.3 is 8.98 Å². The van der Waals surface area contributed by atoms with Gasteiger partial charge in [0.05, 0.1) is 27.8 Å². The predicted molar refractivity (Wildman–Crippen MR) is 213 cm³/mol. The highest BCUT2D eigenvalue weighted by Gasteiger charge is 2.25. The molecule has 7 aromatic carbocycles. The fourth-order valence-corrected chi connectivity index (χ4v) is 9.01. The number of hydrogen-bond acceptors (Lipinski definition) is 4. The first-order chi connectivity index (χ1) is 25.3. The molecule has 0 amide bonds. The van der Waals surface area contributed by atoms with Gasteiger partial charge in [0.2, 0.25) is 0 Å². The van der Waals surface area contributed by atoms with Crippen LogP contribution in [0, 0.1) is 0 Å². The molecule has 51 heavy (non-hydrogen) atoms. The minimum atomic E-state index is 0.702. The van der Waals surface area contributed by atoms with E-state index in [-0.39, 0.29) is 0 Å². The molecule has 0 aliphatic carbocycles. The summed E-state index contributed by atoms with van der Waals surface area (Å²) in [6.45, 7) is 0. The first-order valence-electron chi connectivity index (χ1n) is 17.1. The number of rotatable bonds is 4. The average Bonchev–Trinajstić information content (AvgIpc) is 3.88. The van der Waals surface area contributed by atoms with Crippen molar-refractivity contribution in [1.29, 1.82) is 0 Å². The Morgan fingerprint density at radius 3 is 1.96 bits per heavy atom. The van der Waals surface area contributed by atoms with Gasteiger partial charge in [-0.25, -0.2) is 9.97 Å². The van der Waals surface area contributed by atoms with Crippen molar-refractivity contribution in [3.8, 4) is 39.6 Å². The van der Waals surface area contributed by atoms with E-state index in [0.717, 1.165) is 66.7 Å². The van der Waals surface area contributed by atoms with Crippen LogP contribution in [-0.2, 0) is 0 Å². The quantitative estimate of drug-likeness (QED) is 0.187. The van der Waals surface area contributed by atoms with E-state index in [0.29, 0.717) is 5.82 Å². The summed E-state index contributed by atoms with van der Waals surface area (Å²) in [5.41, 5.74) is 10.0. The molecule has 0 fully saturated rings. The van der Waals surface area contributed by atoms with Crippen molar-refractivity contribution in [1.82, 2.24) is 14.5 Å². The van der Waals surface area contributed by atoms with Gasteiger partial charge in [0.25, 0.3) is 0 Å². The van der Waals surface area contributed by atoms with Gasteiger partial charge >= 0.3 is 0 Å². The van der Waals surface area contributed by atoms with Gasteiger partial charge in [-0.3, -0.25) is 0 Å². The van der Waals surface area contributed by atoms with E-state index >= 15 is 0 Å². The number of benzene rings is 7. The second-order valence-electron chi connectivity index (χ2n) is 12.9. The molecule has 4 heterocycles. The third-order valence-electron chi connectivity index (χ3n) is 9.98. The molecule has 11 aromatic rings. The predicted octanol–water partition coefficient (Wildman–Crippen LogP) is 12.8. The van der Waals surface area contributed by atoms with Gasteiger partial charge in [-0.1, -0.05) is 127 Å². The van der Waals surface area contributed by atoms with Crippen LogP contribution in [0.15, 0.2) is 168 Å². The summed E-state index contributed by atoms with van der Waals surface area (Å²) in [5.74, 6) is 0.702. The molecular weight excluding hydrogens is 643 g/mol. The lowest BCUT2D eigenvalue weighted by atomic mass is 10.0. The summed E-state index contributed by atoms with van der Waals surface area (Å²) in [4.78, 5) is 10.2. The second-order valence-corrected chi connectivity index (χ2v) is 14.0. The van der Waals surface area contributed by atoms with Crippen LogP contribution >= 0.6 is 11.3 Å². The third-order valence-corrected chi connectivity index (χ3v) is 11.2. The Bertz CT molecular complexity index is 3050. The molecule has 11 rings (SSSR count). The third kappa shape index (κ3) is 4.25. The van der Waals surface area contributed by atoms with Crippen LogP contribution in [0.5, 0.6) is 0 Å². The molecular formula is C46H27N3OS. The Morgan fingerprint density at radius 2 is 1.14 bits per heavy atom. The average molecular weight is 670 g/mol. The number of hydrogen-bond donors (Lipinski definition) is 0. The zero-order chi connectivity index (χ0) is 33.5. The first kappa shape index (κ1) is 28.3. The number of para-hydroxylation sites is 2. The van der Waals surface area contributed by atoms with E-state index in [9.17, 15) is 0 Å². The molecule has 0 spiro atoms. The van der Waals surface area contributed by atoms with Crippen LogP contribution in [0.25, 0.3) is 104 Å². The summed E-state index contributed by atoms with van der Waals surface area (Å²) < 4.78 is 11.7. The summed E-state index contributed by atoms with van der Waals surface area (Å²) in [6.07, 6.45) is 0. The van der Waals surface area contributed by atoms with Gasteiger partial charge in [0.15, 0.2) is 5.82 Å². The van der Waals surface area contributed by atoms with Gasteiger partial charge in [0, 0.05) is 58.7 Å². The van der Waals surface area contributed by atoms with Crippen LogP contribution in [0.4, 0.5) is 0 Å². The highest BCUT2D eigenvalue weighted by molar-refractivity contribution is 7.27. The lowest BCUT2D eigenvalue weighted by molar-refractivity contribution is 0.673. The second kappa shape index (κ2) is 11.0. The molecule has 0 aliphatic heterocycles. The monoisotopic (exact) mass is 669 g/mol. The molecule has 0 unspecified atom stereocenters. The van der Waals surface area contributed by atoms with E-state index in [1.165, 1.54) is 30.9 Å². The zero-order valence-corrected chi connectivity index (χ0v) is 28.1. The van der Waals surface area contributed by atoms with Crippen molar-refractivity contribution >= 4 is 75.3 Å². The normalized spacial score (nSPS) is 11.9. The number of fused-ring (bicyclic) bond motifs is 12. The largest absolute Gasteiger partial charge is 0.455 e. The molecule has 0 saturated heterocycles. The summed E-state index contributed by atoms with van der Waals surface area (Å²) in [6, 6.07) is 57.3. The molecule has 238 valence electrons. The number of furan rings is 1. The molecule has 0 aliphatic rings. The molecule has 4 nitrogen and oxygen atoms in total. The standard InChI is InChI=1S/C46H27N3OS/c1-3-14-28(15-4-1)35-27-36(48-46(47-35)29-16-5-2-6-17-29)30-18-13-19-31(26-30)49-37-23-10-7-20-32(37)41-43(49)40-33-21-8-11-24-38(33)50-44(40)42-34-22-9-12-25-39(34)51-45(41)42/h1-27H. The van der Waals surface area contributed by atoms with Crippen LogP contribution in [0.3, 0.4) is 0 Å². The lowest BCUT2D eigenvalue weighted by Crippen LogP contribution is -1.98. The molecule has 4 aromatic heterocycles. The van der Waals surface area contributed by atoms with Crippen molar-refractivity contribution in [2.75, 3.05) is 0 Å². The van der Waals surface area contributed by atoms with Crippen molar-refractivity contribution < 1.29 is 4.42 Å². The van der Waals surface area contributed by atoms with E-state index in [2.05, 4.69) is 144 Å². The van der Waals surface area contributed by atoms with Gasteiger partial charge in [0.1, 0.15) is 11.2 Å². The van der Waals surface area contributed by atoms with Crippen molar-refractivity contribution in [2.45, 2.75) is 0 Å². The molecule has 5 heteroatoms. The van der Waals surface area contributed by atoms with Crippen LogP contribution < -0.4 is 0 Å². The lowest BCUT2D eigenvalue weighted by Gasteiger charge is -2.13. The Labute approximate surface area is 296 Å². The zero-order valence-electron chi connectivity index (χ0n) is 27.2. The molecule has 0 saturated carbocycles. The van der Waals surface area contributed by atoms with Gasteiger partial charge in [-0.2, -0.15) is 0 Å². The fraction of sp³-hybridized carbons (Fsp3) is 0. The maximum Gasteiger partial charge on any atom is 0.160 e. The van der Waals surface area contributed by atoms with Gasteiger partial charge in [-0.05, 0) is 36.4 Å². The SMILES string of the molecule is c1ccc(-c2cc(-c3cccc(-n4c5ccccc5c5c6sc7ccccc7c6c6oc7ccccc7c6c54)c3)nc(-c3ccccc3)n2)cc1. The summed E-state index contributed by atoms with van der Waals surface area (Å²) in [5, 5.41) is 7.15. The topological polar surface area (TPSA) is 43.9 Å². The van der Waals surface area contributed by atoms with E-state index in [1.807, 2.05) is 35.6 Å². The number of nitrogens with zero attached hydrogens (tertiary/aromatic N) is 3. The van der Waals surface area contributed by atoms with Crippen molar-refractivity contribution in [2.24, 2.45) is 0 Å². The van der Waals surface area contributed by atoms with E-state index < -0.39 is 0 Å². The maximum absolute atomic E-state index is 6.81. The van der Waals surface area contributed by atoms with E-state index in [1.54, 1.807) is 0 Å². The summed E-state index contributed by atoms with van der Waals surface area (Å²) >= 11 is 1.85. The molecule has 0 bridgehead atoms. The smallest absolute Gasteiger partial charge is 0.160 e. The number of aromatic nitrogens is 3. The highest BCUT2D eigenvalue weighted by atomic mass is 32.1. The highest BCUT2D eigenvalue weighted by Crippen LogP contribution is 2.50. The summed E-state index contributed by atoms with van der Waals surface area (Å²) in [7, 11) is 0. The van der Waals surface area contributed by atoms with Gasteiger partial charge in [-0.15, -0.1) is 11.3 Å². The van der Waals surface area contributed by atoms with E-state index in [4.69, 9.17) is 14.4 Å². The Balaban J connectivity index is 1.24. The Kier molecular flexibility index (Phi) is 6.09. The van der Waals surface area contributed by atoms with Crippen LogP contribution in [0.1, 0.15) is 0 Å². The minimum Gasteiger partial charge on any atom is -0.455 e. The van der Waals surface area contributed by atoms with Crippen molar-refractivity contribution in [3.63, 3.8) is 0 Å².